The van der Waals surface area contributed by atoms with E-state index in [9.17, 15) is 19.5 Å². The number of fused-ring (bicyclic) bond motifs is 6. The zero-order valence-electron chi connectivity index (χ0n) is 31.2. The van der Waals surface area contributed by atoms with E-state index in [1.54, 1.807) is 17.0 Å². The normalized spacial score (nSPS) is 25.1. The Morgan fingerprint density at radius 1 is 0.839 bits per heavy atom. The van der Waals surface area contributed by atoms with Gasteiger partial charge in [0.2, 0.25) is 17.8 Å². The number of hydrogen-bond acceptors (Lipinski definition) is 11. The zero-order chi connectivity index (χ0) is 37.9. The van der Waals surface area contributed by atoms with Crippen LogP contribution in [0.25, 0.3) is 0 Å². The van der Waals surface area contributed by atoms with Crippen LogP contribution in [-0.2, 0) is 16.1 Å². The molecule has 6 aliphatic rings. The van der Waals surface area contributed by atoms with Crippen LogP contribution < -0.4 is 24.6 Å². The number of aromatic hydroxyl groups is 1. The van der Waals surface area contributed by atoms with Gasteiger partial charge in [0, 0.05) is 92.7 Å². The van der Waals surface area contributed by atoms with Crippen LogP contribution in [0.15, 0.2) is 73.1 Å². The number of phenolic OH excluding ortho intramolecular Hbond substituents is 1. The van der Waals surface area contributed by atoms with Gasteiger partial charge in [-0.05, 0) is 54.5 Å². The molecule has 4 atom stereocenters. The minimum atomic E-state index is -0.644. The van der Waals surface area contributed by atoms with E-state index in [4.69, 9.17) is 19.4 Å². The fraction of sp³-hybridized carbons (Fsp3) is 0.419. The van der Waals surface area contributed by atoms with E-state index in [1.807, 2.05) is 36.7 Å². The van der Waals surface area contributed by atoms with Crippen molar-refractivity contribution in [2.24, 2.45) is 5.92 Å². The highest BCUT2D eigenvalue weighted by molar-refractivity contribution is 6.06. The second-order valence-electron chi connectivity index (χ2n) is 16.0. The molecule has 13 nitrogen and oxygen atoms in total. The molecule has 6 aliphatic heterocycles. The largest absolute Gasteiger partial charge is 0.508 e. The number of carbonyl (C=O) groups is 3. The first kappa shape index (κ1) is 34.8. The van der Waals surface area contributed by atoms with Crippen molar-refractivity contribution >= 4 is 29.4 Å². The molecule has 4 aromatic rings. The molecule has 0 spiro atoms. The van der Waals surface area contributed by atoms with Gasteiger partial charge in [0.15, 0.2) is 0 Å². The van der Waals surface area contributed by atoms with Gasteiger partial charge in [-0.3, -0.25) is 24.6 Å². The maximum Gasteiger partial charge on any atom is 0.255 e. The van der Waals surface area contributed by atoms with Crippen LogP contribution in [0, 0.1) is 5.92 Å². The molecule has 3 amide bonds. The number of piperidine rings is 2. The number of carbonyl (C=O) groups excluding carboxylic acids is 3. The van der Waals surface area contributed by atoms with E-state index in [-0.39, 0.29) is 41.9 Å². The number of piperazine rings is 1. The number of aromatic nitrogens is 2. The maximum atomic E-state index is 13.4. The highest BCUT2D eigenvalue weighted by Crippen LogP contribution is 2.47. The lowest BCUT2D eigenvalue weighted by Gasteiger charge is -2.47. The van der Waals surface area contributed by atoms with Gasteiger partial charge in [-0.2, -0.15) is 0 Å². The van der Waals surface area contributed by atoms with Gasteiger partial charge in [0.1, 0.15) is 29.9 Å². The summed E-state index contributed by atoms with van der Waals surface area (Å²) in [4.78, 5) is 56.4. The highest BCUT2D eigenvalue weighted by atomic mass is 16.5. The monoisotopic (exact) mass is 755 g/mol. The standard InChI is InChI=1S/C43H45N7O6/c51-30-6-7-32-37(18-30)55-25-34(27-4-2-1-3-5-27)39(32)28-19-44-43(45-20-28)48-14-12-26(13-15-48)21-47-16-17-49-29(22-47)24-56-40-33-23-50(36-10-11-38(52)46-41(36)53)42(54)31(33)8-9-35(40)49/h1-9,18-20,26,29,34,36,39,51H,10-17,21-25H2,(H,46,52,53)/t29-,34+,36?,39+/m0/s1. The Hall–Kier alpha value is -5.69. The molecule has 1 unspecified atom stereocenters. The lowest BCUT2D eigenvalue weighted by atomic mass is 9.76. The molecule has 288 valence electrons. The fourth-order valence-electron chi connectivity index (χ4n) is 9.85. The number of amides is 3. The molecule has 2 N–H and O–H groups in total. The number of hydrogen-bond donors (Lipinski definition) is 2. The van der Waals surface area contributed by atoms with Gasteiger partial charge < -0.3 is 29.3 Å². The summed E-state index contributed by atoms with van der Waals surface area (Å²) in [5.41, 5.74) is 5.71. The Balaban J connectivity index is 0.758. The molecule has 0 saturated carbocycles. The SMILES string of the molecule is O=C1CCC(N2Cc3c(ccc4c3OC[C@@H]3CN(CC5CCN(c6ncc([C@@H]7c8ccc(O)cc8OC[C@@H]7c7ccccc7)cn6)CC5)CCN43)C2=O)C(=O)N1. The minimum absolute atomic E-state index is 0.00501. The molecule has 0 radical (unpaired) electrons. The molecule has 3 fully saturated rings. The third-order valence-electron chi connectivity index (χ3n) is 12.8. The zero-order valence-corrected chi connectivity index (χ0v) is 31.2. The molecule has 0 aliphatic carbocycles. The van der Waals surface area contributed by atoms with Crippen molar-refractivity contribution in [3.05, 3.63) is 101 Å². The van der Waals surface area contributed by atoms with E-state index in [2.05, 4.69) is 44.3 Å². The van der Waals surface area contributed by atoms with Crippen LogP contribution in [0.3, 0.4) is 0 Å². The van der Waals surface area contributed by atoms with Crippen molar-refractivity contribution in [1.29, 1.82) is 0 Å². The van der Waals surface area contributed by atoms with Crippen molar-refractivity contribution < 1.29 is 29.0 Å². The van der Waals surface area contributed by atoms with Gasteiger partial charge in [-0.25, -0.2) is 9.97 Å². The van der Waals surface area contributed by atoms with Crippen LogP contribution in [-0.4, -0.2) is 107 Å². The number of anilines is 2. The Bertz CT molecular complexity index is 2180. The summed E-state index contributed by atoms with van der Waals surface area (Å²) in [7, 11) is 0. The molecule has 1 aromatic heterocycles. The van der Waals surface area contributed by atoms with Crippen LogP contribution in [0.5, 0.6) is 17.2 Å². The maximum absolute atomic E-state index is 13.4. The molecular weight excluding hydrogens is 711 g/mol. The smallest absolute Gasteiger partial charge is 0.255 e. The summed E-state index contributed by atoms with van der Waals surface area (Å²) >= 11 is 0. The van der Waals surface area contributed by atoms with Gasteiger partial charge in [-0.1, -0.05) is 36.4 Å². The first-order valence-corrected chi connectivity index (χ1v) is 19.9. The third kappa shape index (κ3) is 6.18. The summed E-state index contributed by atoms with van der Waals surface area (Å²) in [5, 5.41) is 12.5. The summed E-state index contributed by atoms with van der Waals surface area (Å²) in [5.74, 6) is 2.24. The molecule has 3 aromatic carbocycles. The molecule has 0 bridgehead atoms. The lowest BCUT2D eigenvalue weighted by Crippen LogP contribution is -2.58. The van der Waals surface area contributed by atoms with Gasteiger partial charge >= 0.3 is 0 Å². The van der Waals surface area contributed by atoms with Crippen molar-refractivity contribution in [2.75, 3.05) is 62.3 Å². The van der Waals surface area contributed by atoms with E-state index in [1.165, 1.54) is 5.56 Å². The second kappa shape index (κ2) is 14.1. The number of nitrogens with one attached hydrogen (secondary N) is 1. The number of rotatable bonds is 6. The van der Waals surface area contributed by atoms with Crippen molar-refractivity contribution in [2.45, 2.75) is 56.1 Å². The Morgan fingerprint density at radius 2 is 1.66 bits per heavy atom. The van der Waals surface area contributed by atoms with Crippen LogP contribution in [0.1, 0.15) is 70.1 Å². The molecule has 56 heavy (non-hydrogen) atoms. The van der Waals surface area contributed by atoms with Crippen molar-refractivity contribution in [3.63, 3.8) is 0 Å². The number of ether oxygens (including phenoxy) is 2. The van der Waals surface area contributed by atoms with Gasteiger partial charge in [-0.15, -0.1) is 0 Å². The summed E-state index contributed by atoms with van der Waals surface area (Å²) in [6, 6.07) is 19.3. The van der Waals surface area contributed by atoms with Gasteiger partial charge in [0.05, 0.1) is 24.9 Å². The second-order valence-corrected chi connectivity index (χ2v) is 16.0. The first-order valence-electron chi connectivity index (χ1n) is 19.9. The van der Waals surface area contributed by atoms with Crippen molar-refractivity contribution in [3.8, 4) is 17.2 Å². The molecule has 13 heteroatoms. The van der Waals surface area contributed by atoms with Crippen molar-refractivity contribution in [1.82, 2.24) is 25.1 Å². The molecular formula is C43H45N7O6. The fourth-order valence-corrected chi connectivity index (χ4v) is 9.85. The highest BCUT2D eigenvalue weighted by Gasteiger charge is 2.43. The summed E-state index contributed by atoms with van der Waals surface area (Å²) in [6.45, 7) is 7.00. The molecule has 3 saturated heterocycles. The summed E-state index contributed by atoms with van der Waals surface area (Å²) < 4.78 is 12.6. The number of benzene rings is 3. The number of imide groups is 1. The van der Waals surface area contributed by atoms with E-state index in [0.717, 1.165) is 86.2 Å². The molecule has 10 rings (SSSR count). The predicted octanol–water partition coefficient (Wildman–Crippen LogP) is 4.05. The van der Waals surface area contributed by atoms with Crippen LogP contribution >= 0.6 is 0 Å². The van der Waals surface area contributed by atoms with E-state index < -0.39 is 11.9 Å². The lowest BCUT2D eigenvalue weighted by molar-refractivity contribution is -0.136. The molecule has 7 heterocycles. The van der Waals surface area contributed by atoms with E-state index in [0.29, 0.717) is 43.4 Å². The quantitative estimate of drug-likeness (QED) is 0.276. The topological polar surface area (TPSA) is 141 Å². The average Bonchev–Trinajstić information content (AvgIpc) is 3.56. The number of phenols is 1. The van der Waals surface area contributed by atoms with Crippen LogP contribution in [0.4, 0.5) is 11.6 Å². The first-order chi connectivity index (χ1) is 27.4. The predicted molar refractivity (Wildman–Crippen MR) is 207 cm³/mol. The van der Waals surface area contributed by atoms with Crippen LogP contribution in [0.2, 0.25) is 0 Å². The average molecular weight is 756 g/mol. The summed E-state index contributed by atoms with van der Waals surface area (Å²) in [6.07, 6.45) is 6.67. The third-order valence-corrected chi connectivity index (χ3v) is 12.8. The Morgan fingerprint density at radius 3 is 2.46 bits per heavy atom. The van der Waals surface area contributed by atoms with Gasteiger partial charge in [0.25, 0.3) is 5.91 Å². The van der Waals surface area contributed by atoms with E-state index >= 15 is 0 Å². The number of nitrogens with zero attached hydrogens (tertiary/aromatic N) is 6. The minimum Gasteiger partial charge on any atom is -0.508 e. The Kier molecular flexibility index (Phi) is 8.76. The Labute approximate surface area is 325 Å².